The molecule has 5 heteroatoms. The maximum absolute atomic E-state index is 10.1. The molecule has 9 heavy (non-hydrogen) atoms. The first kappa shape index (κ1) is 8.56. The minimum Gasteiger partial charge on any atom is -0.603 e. The van der Waals surface area contributed by atoms with Crippen LogP contribution in [0, 0.1) is 0 Å². The molecule has 0 aromatic heterocycles. The van der Waals surface area contributed by atoms with Crippen LogP contribution >= 0.6 is 8.00 Å². The van der Waals surface area contributed by atoms with Gasteiger partial charge in [0.1, 0.15) is 11.7 Å². The Morgan fingerprint density at radius 2 is 2.22 bits per heavy atom. The summed E-state index contributed by atoms with van der Waals surface area (Å²) in [5.41, 5.74) is 0. The van der Waals surface area contributed by atoms with Gasteiger partial charge in [-0.3, -0.25) is 4.79 Å². The summed E-state index contributed by atoms with van der Waals surface area (Å²) < 4.78 is 0. The second-order valence-corrected chi connectivity index (χ2v) is 2.89. The summed E-state index contributed by atoms with van der Waals surface area (Å²) >= 11 is 0. The Morgan fingerprint density at radius 3 is 2.33 bits per heavy atom. The van der Waals surface area contributed by atoms with E-state index in [9.17, 15) is 9.69 Å². The van der Waals surface area contributed by atoms with Gasteiger partial charge in [0.2, 0.25) is 8.00 Å². The van der Waals surface area contributed by atoms with Gasteiger partial charge in [0.25, 0.3) is 0 Å². The van der Waals surface area contributed by atoms with E-state index >= 15 is 0 Å². The van der Waals surface area contributed by atoms with Crippen LogP contribution in [0.5, 0.6) is 0 Å². The summed E-state index contributed by atoms with van der Waals surface area (Å²) in [5, 5.41) is 8.17. The maximum atomic E-state index is 10.1. The molecule has 0 bridgehead atoms. The highest BCUT2D eigenvalue weighted by Crippen LogP contribution is 2.07. The van der Waals surface area contributed by atoms with Gasteiger partial charge in [0.15, 0.2) is 0 Å². The molecule has 4 nitrogen and oxygen atoms in total. The molecule has 0 fully saturated rings. The Hall–Kier alpha value is -0.440. The number of carbonyl (C=O) groups is 1. The third kappa shape index (κ3) is 4.09. The first-order valence-electron chi connectivity index (χ1n) is 2.24. The molecular weight excluding hydrogens is 143 g/mol. The van der Waals surface area contributed by atoms with Crippen molar-refractivity contribution in [2.24, 2.45) is 0 Å². The standard InChI is InChI=1S/C4H7O4P/c1-3(9(7)8)2-4(5)6/h2H2,1H3,(H,5,6)(H,7,8). The minimum absolute atomic E-state index is 0.0949. The summed E-state index contributed by atoms with van der Waals surface area (Å²) in [6.07, 6.45) is -0.328. The van der Waals surface area contributed by atoms with E-state index in [1.165, 1.54) is 6.92 Å². The van der Waals surface area contributed by atoms with Gasteiger partial charge < -0.3 is 10.00 Å². The van der Waals surface area contributed by atoms with Crippen molar-refractivity contribution in [2.45, 2.75) is 13.3 Å². The maximum Gasteiger partial charge on any atom is 0.311 e. The molecule has 0 spiro atoms. The summed E-state index contributed by atoms with van der Waals surface area (Å²) in [7, 11) is -2.41. The molecule has 1 atom stereocenters. The SMILES string of the molecule is C/C(CC(=O)O)=[P+](\[O-])O. The van der Waals surface area contributed by atoms with Crippen molar-refractivity contribution in [3.8, 4) is 0 Å². The minimum atomic E-state index is -2.41. The van der Waals surface area contributed by atoms with Crippen LogP contribution in [0.25, 0.3) is 0 Å². The molecule has 0 saturated heterocycles. The van der Waals surface area contributed by atoms with Gasteiger partial charge in [-0.1, -0.05) is 0 Å². The largest absolute Gasteiger partial charge is 0.603 e. The fourth-order valence-electron chi connectivity index (χ4n) is 0.286. The molecule has 52 valence electrons. The van der Waals surface area contributed by atoms with E-state index in [1.807, 2.05) is 0 Å². The van der Waals surface area contributed by atoms with Gasteiger partial charge in [-0.2, -0.15) is 4.89 Å². The monoisotopic (exact) mass is 150 g/mol. The number of aliphatic carboxylic acids is 1. The Morgan fingerprint density at radius 1 is 1.78 bits per heavy atom. The molecule has 0 aliphatic carbocycles. The summed E-state index contributed by atoms with van der Waals surface area (Å²) in [6.45, 7) is 1.34. The van der Waals surface area contributed by atoms with Gasteiger partial charge in [-0.25, -0.2) is 0 Å². The van der Waals surface area contributed by atoms with Gasteiger partial charge in [-0.05, 0) is 6.92 Å². The van der Waals surface area contributed by atoms with E-state index < -0.39 is 14.0 Å². The molecule has 2 N–H and O–H groups in total. The Balaban J connectivity index is 3.92. The van der Waals surface area contributed by atoms with Crippen molar-refractivity contribution in [2.75, 3.05) is 0 Å². The zero-order valence-electron chi connectivity index (χ0n) is 4.87. The summed E-state index contributed by atoms with van der Waals surface area (Å²) in [4.78, 5) is 28.2. The van der Waals surface area contributed by atoms with E-state index in [2.05, 4.69) is 0 Å². The fourth-order valence-corrected chi connectivity index (χ4v) is 0.557. The van der Waals surface area contributed by atoms with Gasteiger partial charge in [0.05, 0.1) is 0 Å². The quantitative estimate of drug-likeness (QED) is 0.511. The van der Waals surface area contributed by atoms with Crippen molar-refractivity contribution < 1.29 is 19.7 Å². The third-order valence-electron chi connectivity index (χ3n) is 0.734. The van der Waals surface area contributed by atoms with E-state index in [-0.39, 0.29) is 11.7 Å². The smallest absolute Gasteiger partial charge is 0.311 e. The molecule has 0 aromatic carbocycles. The van der Waals surface area contributed by atoms with Crippen LogP contribution in [0.1, 0.15) is 13.3 Å². The fraction of sp³-hybridized carbons (Fsp3) is 0.500. The van der Waals surface area contributed by atoms with Gasteiger partial charge >= 0.3 is 5.97 Å². The van der Waals surface area contributed by atoms with Crippen molar-refractivity contribution in [3.05, 3.63) is 0 Å². The first-order chi connectivity index (χ1) is 4.04. The number of carboxylic acids is 1. The lowest BCUT2D eigenvalue weighted by atomic mass is 10.3. The van der Waals surface area contributed by atoms with Crippen LogP contribution in [0.15, 0.2) is 0 Å². The van der Waals surface area contributed by atoms with Crippen molar-refractivity contribution in [1.82, 2.24) is 0 Å². The molecule has 0 aromatic rings. The molecular formula is C4H7O4P. The first-order valence-corrected chi connectivity index (χ1v) is 3.45. The number of rotatable bonds is 2. The van der Waals surface area contributed by atoms with E-state index in [0.29, 0.717) is 0 Å². The van der Waals surface area contributed by atoms with Gasteiger partial charge in [0, 0.05) is 0 Å². The van der Waals surface area contributed by atoms with Crippen LogP contribution in [-0.4, -0.2) is 21.3 Å². The van der Waals surface area contributed by atoms with Crippen LogP contribution < -0.4 is 4.89 Å². The average molecular weight is 150 g/mol. The van der Waals surface area contributed by atoms with E-state index in [4.69, 9.17) is 10.00 Å². The van der Waals surface area contributed by atoms with Gasteiger partial charge in [-0.15, -0.1) is 0 Å². The summed E-state index contributed by atoms with van der Waals surface area (Å²) in [5.74, 6) is -1.08. The summed E-state index contributed by atoms with van der Waals surface area (Å²) in [6, 6.07) is 0. The van der Waals surface area contributed by atoms with E-state index in [1.54, 1.807) is 0 Å². The van der Waals surface area contributed by atoms with Crippen LogP contribution in [0.3, 0.4) is 0 Å². The second-order valence-electron chi connectivity index (χ2n) is 1.58. The van der Waals surface area contributed by atoms with Crippen LogP contribution in [0.4, 0.5) is 0 Å². The average Bonchev–Trinajstić information content (AvgIpc) is 1.63. The predicted octanol–water partition coefficient (Wildman–Crippen LogP) is -0.682. The number of hydrogen-bond donors (Lipinski definition) is 2. The van der Waals surface area contributed by atoms with Crippen molar-refractivity contribution in [1.29, 1.82) is 0 Å². The lowest BCUT2D eigenvalue weighted by Crippen LogP contribution is -2.05. The highest BCUT2D eigenvalue weighted by Gasteiger charge is 2.06. The number of hydrogen-bond acceptors (Lipinski definition) is 3. The van der Waals surface area contributed by atoms with Crippen molar-refractivity contribution >= 4 is 19.3 Å². The Labute approximate surface area is 53.3 Å². The lowest BCUT2D eigenvalue weighted by Gasteiger charge is -1.90. The molecule has 0 aliphatic heterocycles. The highest BCUT2D eigenvalue weighted by molar-refractivity contribution is 7.45. The molecule has 0 heterocycles. The Bertz CT molecular complexity index is 147. The molecule has 0 saturated carbocycles. The second kappa shape index (κ2) is 3.56. The highest BCUT2D eigenvalue weighted by atomic mass is 31.1. The lowest BCUT2D eigenvalue weighted by molar-refractivity contribution is -0.168. The van der Waals surface area contributed by atoms with Crippen LogP contribution in [-0.2, 0) is 4.79 Å². The number of carboxylic acid groups (broad SMARTS) is 1. The van der Waals surface area contributed by atoms with Crippen molar-refractivity contribution in [3.63, 3.8) is 0 Å². The normalized spacial score (nSPS) is 12.8. The Kier molecular flexibility index (Phi) is 3.39. The third-order valence-corrected chi connectivity index (χ3v) is 1.54. The predicted molar refractivity (Wildman–Crippen MR) is 32.1 cm³/mol. The zero-order valence-corrected chi connectivity index (χ0v) is 5.76. The molecule has 0 aliphatic rings. The molecule has 1 unspecified atom stereocenters. The zero-order chi connectivity index (χ0) is 7.44. The molecule has 0 amide bonds. The van der Waals surface area contributed by atoms with E-state index in [0.717, 1.165) is 0 Å². The molecule has 0 radical (unpaired) electrons. The van der Waals surface area contributed by atoms with Crippen LogP contribution in [0.2, 0.25) is 0 Å². The topological polar surface area (TPSA) is 80.6 Å². The molecule has 0 rings (SSSR count).